The Labute approximate surface area is 81.9 Å². The fourth-order valence-corrected chi connectivity index (χ4v) is 1.74. The summed E-state index contributed by atoms with van der Waals surface area (Å²) in [6.07, 6.45) is 2.77. The van der Waals surface area contributed by atoms with Crippen LogP contribution in [0.5, 0.6) is 0 Å². The molecule has 0 aliphatic heterocycles. The zero-order valence-corrected chi connectivity index (χ0v) is 9.16. The van der Waals surface area contributed by atoms with E-state index >= 15 is 0 Å². The first-order valence-corrected chi connectivity index (χ1v) is 5.20. The highest BCUT2D eigenvalue weighted by atomic mass is 15.2. The summed E-state index contributed by atoms with van der Waals surface area (Å²) in [4.78, 5) is 4.63. The molecule has 2 N–H and O–H groups in total. The van der Waals surface area contributed by atoms with Crippen molar-refractivity contribution in [2.24, 2.45) is 11.7 Å². The van der Waals surface area contributed by atoms with Crippen LogP contribution in [0.4, 0.5) is 0 Å². The van der Waals surface area contributed by atoms with Gasteiger partial charge in [0.05, 0.1) is 0 Å². The van der Waals surface area contributed by atoms with E-state index in [1.807, 2.05) is 0 Å². The Morgan fingerprint density at radius 2 is 1.85 bits per heavy atom. The van der Waals surface area contributed by atoms with Gasteiger partial charge in [-0.3, -0.25) is 0 Å². The van der Waals surface area contributed by atoms with Gasteiger partial charge in [0.25, 0.3) is 0 Å². The van der Waals surface area contributed by atoms with Crippen molar-refractivity contribution in [2.45, 2.75) is 18.9 Å². The van der Waals surface area contributed by atoms with Crippen LogP contribution in [0.15, 0.2) is 0 Å². The lowest BCUT2D eigenvalue weighted by Gasteiger charge is -2.28. The van der Waals surface area contributed by atoms with E-state index in [0.29, 0.717) is 6.04 Å². The first-order valence-electron chi connectivity index (χ1n) is 5.20. The van der Waals surface area contributed by atoms with Crippen LogP contribution in [-0.2, 0) is 0 Å². The smallest absolute Gasteiger partial charge is 0.0244 e. The van der Waals surface area contributed by atoms with Crippen molar-refractivity contribution in [1.29, 1.82) is 0 Å². The largest absolute Gasteiger partial charge is 0.329 e. The van der Waals surface area contributed by atoms with Crippen LogP contribution in [0.3, 0.4) is 0 Å². The minimum Gasteiger partial charge on any atom is -0.329 e. The van der Waals surface area contributed by atoms with E-state index in [0.717, 1.165) is 25.6 Å². The van der Waals surface area contributed by atoms with Crippen LogP contribution in [0, 0.1) is 5.92 Å². The monoisotopic (exact) mass is 185 g/mol. The molecule has 1 fully saturated rings. The minimum absolute atomic E-state index is 0.625. The Morgan fingerprint density at radius 1 is 1.23 bits per heavy atom. The van der Waals surface area contributed by atoms with Gasteiger partial charge >= 0.3 is 0 Å². The molecule has 0 spiro atoms. The molecule has 0 amide bonds. The van der Waals surface area contributed by atoms with Crippen LogP contribution >= 0.6 is 0 Å². The van der Waals surface area contributed by atoms with Gasteiger partial charge in [-0.2, -0.15) is 0 Å². The standard InChI is InChI=1S/C10H23N3/c1-12(2)6-7-13(3)10(8-11)9-4-5-9/h9-10H,4-8,11H2,1-3H3. The van der Waals surface area contributed by atoms with E-state index in [1.165, 1.54) is 12.8 Å². The normalized spacial score (nSPS) is 19.8. The predicted molar refractivity (Wildman–Crippen MR) is 56.8 cm³/mol. The third-order valence-corrected chi connectivity index (χ3v) is 2.87. The Bertz CT molecular complexity index is 143. The first kappa shape index (κ1) is 11.0. The quantitative estimate of drug-likeness (QED) is 0.642. The molecule has 1 saturated carbocycles. The first-order chi connectivity index (χ1) is 6.15. The van der Waals surface area contributed by atoms with Crippen molar-refractivity contribution in [3.8, 4) is 0 Å². The summed E-state index contributed by atoms with van der Waals surface area (Å²) in [5.74, 6) is 0.886. The van der Waals surface area contributed by atoms with Crippen LogP contribution in [0.1, 0.15) is 12.8 Å². The topological polar surface area (TPSA) is 32.5 Å². The second kappa shape index (κ2) is 4.94. The molecule has 3 heteroatoms. The van der Waals surface area contributed by atoms with E-state index in [9.17, 15) is 0 Å². The summed E-state index contributed by atoms with van der Waals surface area (Å²) >= 11 is 0. The number of rotatable bonds is 6. The predicted octanol–water partition coefficient (Wildman–Crippen LogP) is 0.217. The van der Waals surface area contributed by atoms with Crippen LogP contribution in [-0.4, -0.2) is 56.6 Å². The molecule has 0 saturated heterocycles. The molecule has 0 radical (unpaired) electrons. The SMILES string of the molecule is CN(C)CCN(C)C(CN)C1CC1. The van der Waals surface area contributed by atoms with E-state index in [2.05, 4.69) is 30.9 Å². The highest BCUT2D eigenvalue weighted by Crippen LogP contribution is 2.34. The maximum Gasteiger partial charge on any atom is 0.0244 e. The summed E-state index contributed by atoms with van der Waals surface area (Å²) in [7, 11) is 6.42. The number of nitrogens with zero attached hydrogens (tertiary/aromatic N) is 2. The van der Waals surface area contributed by atoms with E-state index in [4.69, 9.17) is 5.73 Å². The Balaban J connectivity index is 2.22. The molecule has 1 aliphatic rings. The number of hydrogen-bond acceptors (Lipinski definition) is 3. The average Bonchev–Trinajstić information content (AvgIpc) is 2.86. The summed E-state index contributed by atoms with van der Waals surface area (Å²) < 4.78 is 0. The molecule has 1 rings (SSSR count). The molecule has 0 bridgehead atoms. The molecular weight excluding hydrogens is 162 g/mol. The van der Waals surface area contributed by atoms with Crippen LogP contribution in [0.25, 0.3) is 0 Å². The Kier molecular flexibility index (Phi) is 4.16. The molecule has 1 aliphatic carbocycles. The summed E-state index contributed by atoms with van der Waals surface area (Å²) in [5.41, 5.74) is 5.77. The van der Waals surface area contributed by atoms with Crippen molar-refractivity contribution in [1.82, 2.24) is 9.80 Å². The molecule has 0 heterocycles. The molecular formula is C10H23N3. The molecule has 13 heavy (non-hydrogen) atoms. The molecule has 3 nitrogen and oxygen atoms in total. The molecule has 1 unspecified atom stereocenters. The summed E-state index contributed by atoms with van der Waals surface area (Å²) in [6, 6.07) is 0.625. The van der Waals surface area contributed by atoms with Crippen molar-refractivity contribution in [2.75, 3.05) is 40.8 Å². The van der Waals surface area contributed by atoms with Gasteiger partial charge in [0, 0.05) is 25.7 Å². The third-order valence-electron chi connectivity index (χ3n) is 2.87. The molecule has 1 atom stereocenters. The summed E-state index contributed by atoms with van der Waals surface area (Å²) in [5, 5.41) is 0. The van der Waals surface area contributed by atoms with Crippen molar-refractivity contribution in [3.05, 3.63) is 0 Å². The lowest BCUT2D eigenvalue weighted by atomic mass is 10.1. The molecule has 0 aromatic rings. The lowest BCUT2D eigenvalue weighted by Crippen LogP contribution is -2.42. The second-order valence-electron chi connectivity index (χ2n) is 4.42. The lowest BCUT2D eigenvalue weighted by molar-refractivity contribution is 0.202. The third kappa shape index (κ3) is 3.63. The van der Waals surface area contributed by atoms with Crippen molar-refractivity contribution < 1.29 is 0 Å². The maximum absolute atomic E-state index is 5.77. The van der Waals surface area contributed by atoms with E-state index in [-0.39, 0.29) is 0 Å². The fraction of sp³-hybridized carbons (Fsp3) is 1.00. The highest BCUT2D eigenvalue weighted by Gasteiger charge is 2.32. The van der Waals surface area contributed by atoms with Crippen molar-refractivity contribution >= 4 is 0 Å². The van der Waals surface area contributed by atoms with Gasteiger partial charge in [-0.1, -0.05) is 0 Å². The van der Waals surface area contributed by atoms with Gasteiger partial charge in [-0.05, 0) is 39.9 Å². The van der Waals surface area contributed by atoms with Gasteiger partial charge in [0.2, 0.25) is 0 Å². The van der Waals surface area contributed by atoms with E-state index < -0.39 is 0 Å². The highest BCUT2D eigenvalue weighted by molar-refractivity contribution is 4.87. The molecule has 0 aromatic carbocycles. The van der Waals surface area contributed by atoms with Gasteiger partial charge in [-0.15, -0.1) is 0 Å². The van der Waals surface area contributed by atoms with Gasteiger partial charge < -0.3 is 15.5 Å². The van der Waals surface area contributed by atoms with Gasteiger partial charge in [-0.25, -0.2) is 0 Å². The van der Waals surface area contributed by atoms with Gasteiger partial charge in [0.1, 0.15) is 0 Å². The maximum atomic E-state index is 5.77. The number of likely N-dealkylation sites (N-methyl/N-ethyl adjacent to an activating group) is 2. The number of hydrogen-bond donors (Lipinski definition) is 1. The molecule has 78 valence electrons. The fourth-order valence-electron chi connectivity index (χ4n) is 1.74. The summed E-state index contributed by atoms with van der Waals surface area (Å²) in [6.45, 7) is 3.07. The van der Waals surface area contributed by atoms with Gasteiger partial charge in [0.15, 0.2) is 0 Å². The zero-order chi connectivity index (χ0) is 9.84. The van der Waals surface area contributed by atoms with Crippen molar-refractivity contribution in [3.63, 3.8) is 0 Å². The molecule has 0 aromatic heterocycles. The Morgan fingerprint density at radius 3 is 2.23 bits per heavy atom. The number of nitrogens with two attached hydrogens (primary N) is 1. The van der Waals surface area contributed by atoms with Crippen LogP contribution < -0.4 is 5.73 Å². The Hall–Kier alpha value is -0.120. The average molecular weight is 185 g/mol. The van der Waals surface area contributed by atoms with E-state index in [1.54, 1.807) is 0 Å². The zero-order valence-electron chi connectivity index (χ0n) is 9.16. The minimum atomic E-state index is 0.625. The van der Waals surface area contributed by atoms with Crippen LogP contribution in [0.2, 0.25) is 0 Å². The second-order valence-corrected chi connectivity index (χ2v) is 4.42.